The van der Waals surface area contributed by atoms with E-state index in [1.54, 1.807) is 0 Å². The molecule has 1 heterocycles. The molecule has 100 valence electrons. The average molecular weight is 239 g/mol. The van der Waals surface area contributed by atoms with Crippen molar-refractivity contribution in [1.82, 2.24) is 4.90 Å². The van der Waals surface area contributed by atoms with E-state index in [0.717, 1.165) is 24.8 Å². The summed E-state index contributed by atoms with van der Waals surface area (Å²) in [5, 5.41) is 10.3. The Morgan fingerprint density at radius 1 is 0.941 bits per heavy atom. The van der Waals surface area contributed by atoms with Gasteiger partial charge in [0.15, 0.2) is 0 Å². The van der Waals surface area contributed by atoms with Gasteiger partial charge in [-0.2, -0.15) is 0 Å². The van der Waals surface area contributed by atoms with E-state index in [1.165, 1.54) is 19.5 Å². The summed E-state index contributed by atoms with van der Waals surface area (Å²) in [4.78, 5) is 2.58. The van der Waals surface area contributed by atoms with Crippen molar-refractivity contribution < 1.29 is 5.11 Å². The molecule has 1 saturated carbocycles. The van der Waals surface area contributed by atoms with Crippen LogP contribution in [0.3, 0.4) is 0 Å². The predicted molar refractivity (Wildman–Crippen MR) is 71.8 cm³/mol. The van der Waals surface area contributed by atoms with E-state index in [1.807, 2.05) is 0 Å². The van der Waals surface area contributed by atoms with E-state index in [9.17, 15) is 5.11 Å². The van der Waals surface area contributed by atoms with Gasteiger partial charge >= 0.3 is 0 Å². The Bertz CT molecular complexity index is 233. The fraction of sp³-hybridized carbons (Fsp3) is 1.00. The highest BCUT2D eigenvalue weighted by Gasteiger charge is 2.36. The SMILES string of the molecule is CC1CC(C)C(CN2CC(C)C(C)C2)C(O)C1. The fourth-order valence-corrected chi connectivity index (χ4v) is 3.87. The Balaban J connectivity index is 1.90. The van der Waals surface area contributed by atoms with Crippen molar-refractivity contribution in [2.75, 3.05) is 19.6 Å². The van der Waals surface area contributed by atoms with Gasteiger partial charge in [-0.1, -0.05) is 27.7 Å². The summed E-state index contributed by atoms with van der Waals surface area (Å²) in [5.41, 5.74) is 0. The van der Waals surface area contributed by atoms with Crippen LogP contribution in [0.1, 0.15) is 40.5 Å². The third-order valence-corrected chi connectivity index (χ3v) is 5.18. The Morgan fingerprint density at radius 3 is 2.06 bits per heavy atom. The summed E-state index contributed by atoms with van der Waals surface area (Å²) in [6.07, 6.45) is 2.23. The van der Waals surface area contributed by atoms with Crippen LogP contribution in [0.5, 0.6) is 0 Å². The molecule has 2 rings (SSSR count). The molecule has 0 bridgehead atoms. The van der Waals surface area contributed by atoms with E-state index in [0.29, 0.717) is 17.8 Å². The number of rotatable bonds is 2. The normalized spacial score (nSPS) is 48.5. The minimum Gasteiger partial charge on any atom is -0.393 e. The quantitative estimate of drug-likeness (QED) is 0.801. The maximum absolute atomic E-state index is 10.3. The molecule has 0 radical (unpaired) electrons. The van der Waals surface area contributed by atoms with Gasteiger partial charge in [-0.15, -0.1) is 0 Å². The number of likely N-dealkylation sites (tertiary alicyclic amines) is 1. The average Bonchev–Trinajstić information content (AvgIpc) is 2.52. The molecule has 1 aliphatic carbocycles. The van der Waals surface area contributed by atoms with E-state index >= 15 is 0 Å². The van der Waals surface area contributed by atoms with Gasteiger partial charge in [0.1, 0.15) is 0 Å². The minimum atomic E-state index is -0.0695. The lowest BCUT2D eigenvalue weighted by Gasteiger charge is -2.39. The number of aliphatic hydroxyl groups excluding tert-OH is 1. The Morgan fingerprint density at radius 2 is 1.53 bits per heavy atom. The molecular formula is C15H29NO. The summed E-state index contributed by atoms with van der Waals surface area (Å²) >= 11 is 0. The predicted octanol–water partition coefficient (Wildman–Crippen LogP) is 2.62. The first kappa shape index (κ1) is 13.4. The number of aliphatic hydroxyl groups is 1. The molecule has 0 aromatic carbocycles. The molecule has 2 nitrogen and oxygen atoms in total. The highest BCUT2D eigenvalue weighted by Crippen LogP contribution is 2.35. The zero-order valence-electron chi connectivity index (χ0n) is 11.9. The maximum atomic E-state index is 10.3. The molecule has 1 aliphatic heterocycles. The van der Waals surface area contributed by atoms with Crippen LogP contribution >= 0.6 is 0 Å². The van der Waals surface area contributed by atoms with Gasteiger partial charge < -0.3 is 10.0 Å². The molecule has 6 unspecified atom stereocenters. The summed E-state index contributed by atoms with van der Waals surface area (Å²) in [6.45, 7) is 12.9. The van der Waals surface area contributed by atoms with Crippen molar-refractivity contribution in [3.63, 3.8) is 0 Å². The number of hydrogen-bond donors (Lipinski definition) is 1. The lowest BCUT2D eigenvalue weighted by Crippen LogP contribution is -2.42. The molecule has 0 spiro atoms. The summed E-state index contributed by atoms with van der Waals surface area (Å²) in [5.74, 6) is 3.53. The lowest BCUT2D eigenvalue weighted by atomic mass is 9.73. The Labute approximate surface area is 106 Å². The second kappa shape index (κ2) is 5.27. The summed E-state index contributed by atoms with van der Waals surface area (Å²) in [6, 6.07) is 0. The smallest absolute Gasteiger partial charge is 0.0585 e. The molecule has 0 aromatic rings. The van der Waals surface area contributed by atoms with Crippen molar-refractivity contribution >= 4 is 0 Å². The molecule has 2 fully saturated rings. The van der Waals surface area contributed by atoms with E-state index in [-0.39, 0.29) is 6.10 Å². The van der Waals surface area contributed by atoms with Gasteiger partial charge in [0, 0.05) is 25.6 Å². The standard InChI is InChI=1S/C15H29NO/c1-10-5-11(2)14(15(17)6-10)9-16-7-12(3)13(4)8-16/h10-15,17H,5-9H2,1-4H3. The van der Waals surface area contributed by atoms with Crippen LogP contribution in [0.25, 0.3) is 0 Å². The van der Waals surface area contributed by atoms with Crippen LogP contribution < -0.4 is 0 Å². The third kappa shape index (κ3) is 3.03. The topological polar surface area (TPSA) is 23.5 Å². The first-order valence-corrected chi connectivity index (χ1v) is 7.37. The van der Waals surface area contributed by atoms with E-state index in [2.05, 4.69) is 32.6 Å². The molecule has 2 aliphatic rings. The molecule has 17 heavy (non-hydrogen) atoms. The first-order valence-electron chi connectivity index (χ1n) is 7.37. The van der Waals surface area contributed by atoms with Gasteiger partial charge in [0.2, 0.25) is 0 Å². The molecule has 0 amide bonds. The molecule has 6 atom stereocenters. The zero-order chi connectivity index (χ0) is 12.6. The second-order valence-electron chi connectivity index (χ2n) is 6.96. The van der Waals surface area contributed by atoms with Crippen molar-refractivity contribution in [3.05, 3.63) is 0 Å². The largest absolute Gasteiger partial charge is 0.393 e. The van der Waals surface area contributed by atoms with Gasteiger partial charge in [-0.05, 0) is 36.5 Å². The monoisotopic (exact) mass is 239 g/mol. The summed E-state index contributed by atoms with van der Waals surface area (Å²) in [7, 11) is 0. The molecule has 2 heteroatoms. The maximum Gasteiger partial charge on any atom is 0.0585 e. The molecular weight excluding hydrogens is 210 g/mol. The zero-order valence-corrected chi connectivity index (χ0v) is 11.9. The van der Waals surface area contributed by atoms with Crippen LogP contribution in [0.15, 0.2) is 0 Å². The second-order valence-corrected chi connectivity index (χ2v) is 6.96. The highest BCUT2D eigenvalue weighted by molar-refractivity contribution is 4.87. The minimum absolute atomic E-state index is 0.0695. The first-order chi connectivity index (χ1) is 7.97. The number of nitrogens with zero attached hydrogens (tertiary/aromatic N) is 1. The molecule has 0 aromatic heterocycles. The van der Waals surface area contributed by atoms with E-state index < -0.39 is 0 Å². The van der Waals surface area contributed by atoms with Crippen molar-refractivity contribution in [1.29, 1.82) is 0 Å². The molecule has 1 N–H and O–H groups in total. The van der Waals surface area contributed by atoms with Gasteiger partial charge in [-0.25, -0.2) is 0 Å². The van der Waals surface area contributed by atoms with Crippen LogP contribution in [0.4, 0.5) is 0 Å². The number of hydrogen-bond acceptors (Lipinski definition) is 2. The van der Waals surface area contributed by atoms with Crippen molar-refractivity contribution in [2.45, 2.75) is 46.6 Å². The Hall–Kier alpha value is -0.0800. The Kier molecular flexibility index (Phi) is 4.14. The van der Waals surface area contributed by atoms with E-state index in [4.69, 9.17) is 0 Å². The van der Waals surface area contributed by atoms with Gasteiger partial charge in [0.25, 0.3) is 0 Å². The summed E-state index contributed by atoms with van der Waals surface area (Å²) < 4.78 is 0. The highest BCUT2D eigenvalue weighted by atomic mass is 16.3. The van der Waals surface area contributed by atoms with Crippen LogP contribution in [-0.2, 0) is 0 Å². The van der Waals surface area contributed by atoms with Crippen LogP contribution in [-0.4, -0.2) is 35.7 Å². The fourth-order valence-electron chi connectivity index (χ4n) is 3.87. The van der Waals surface area contributed by atoms with Crippen molar-refractivity contribution in [2.24, 2.45) is 29.6 Å². The molecule has 1 saturated heterocycles. The van der Waals surface area contributed by atoms with Crippen LogP contribution in [0, 0.1) is 29.6 Å². The lowest BCUT2D eigenvalue weighted by molar-refractivity contribution is 0.000620. The third-order valence-electron chi connectivity index (χ3n) is 5.18. The van der Waals surface area contributed by atoms with Gasteiger partial charge in [0.05, 0.1) is 6.10 Å². The van der Waals surface area contributed by atoms with Crippen molar-refractivity contribution in [3.8, 4) is 0 Å². The van der Waals surface area contributed by atoms with Crippen LogP contribution in [0.2, 0.25) is 0 Å². The van der Waals surface area contributed by atoms with Gasteiger partial charge in [-0.3, -0.25) is 0 Å².